The zero-order chi connectivity index (χ0) is 11.8. The molecule has 3 atom stereocenters. The standard InChI is InChI=1S/C13H18N2OS/c1-8-7-17-13(14-8)15-12(16)6-11-5-9-2-3-10(11)4-9/h7,9-11H,2-6H2,1H3,(H,14,15,16)/t9-,10-,11-/m0/s1. The molecule has 2 aliphatic rings. The molecule has 0 unspecified atom stereocenters. The number of fused-ring (bicyclic) bond motifs is 2. The first-order valence-electron chi connectivity index (χ1n) is 6.42. The Morgan fingerprint density at radius 1 is 1.53 bits per heavy atom. The number of anilines is 1. The van der Waals surface area contributed by atoms with Gasteiger partial charge in [-0.3, -0.25) is 4.79 Å². The fourth-order valence-corrected chi connectivity index (χ4v) is 4.15. The predicted octanol–water partition coefficient (Wildman–Crippen LogP) is 3.22. The quantitative estimate of drug-likeness (QED) is 0.895. The number of carbonyl (C=O) groups excluding carboxylic acids is 1. The van der Waals surface area contributed by atoms with Crippen molar-refractivity contribution in [3.63, 3.8) is 0 Å². The van der Waals surface area contributed by atoms with Gasteiger partial charge in [-0.1, -0.05) is 6.42 Å². The van der Waals surface area contributed by atoms with Crippen LogP contribution in [-0.2, 0) is 4.79 Å². The monoisotopic (exact) mass is 250 g/mol. The lowest BCUT2D eigenvalue weighted by Gasteiger charge is -2.20. The number of hydrogen-bond donors (Lipinski definition) is 1. The van der Waals surface area contributed by atoms with Gasteiger partial charge in [0.05, 0.1) is 5.69 Å². The van der Waals surface area contributed by atoms with Crippen LogP contribution in [0.3, 0.4) is 0 Å². The normalized spacial score (nSPS) is 30.8. The third-order valence-electron chi connectivity index (χ3n) is 4.20. The summed E-state index contributed by atoms with van der Waals surface area (Å²) in [6, 6.07) is 0. The maximum absolute atomic E-state index is 11.9. The molecule has 0 aromatic carbocycles. The Hall–Kier alpha value is -0.900. The summed E-state index contributed by atoms with van der Waals surface area (Å²) in [5, 5.41) is 5.63. The van der Waals surface area contributed by atoms with Crippen LogP contribution >= 0.6 is 11.3 Å². The molecule has 2 aliphatic carbocycles. The number of carbonyl (C=O) groups is 1. The minimum atomic E-state index is 0.150. The van der Waals surface area contributed by atoms with Gasteiger partial charge in [0.15, 0.2) is 5.13 Å². The van der Waals surface area contributed by atoms with Crippen LogP contribution in [0, 0.1) is 24.7 Å². The van der Waals surface area contributed by atoms with Gasteiger partial charge in [-0.2, -0.15) is 0 Å². The van der Waals surface area contributed by atoms with Crippen molar-refractivity contribution in [3.05, 3.63) is 11.1 Å². The van der Waals surface area contributed by atoms with Crippen LogP contribution in [0.4, 0.5) is 5.13 Å². The number of aromatic nitrogens is 1. The van der Waals surface area contributed by atoms with Gasteiger partial charge >= 0.3 is 0 Å². The van der Waals surface area contributed by atoms with Crippen molar-refractivity contribution in [1.82, 2.24) is 4.98 Å². The number of aryl methyl sites for hydroxylation is 1. The lowest BCUT2D eigenvalue weighted by molar-refractivity contribution is -0.117. The fraction of sp³-hybridized carbons (Fsp3) is 0.692. The zero-order valence-electron chi connectivity index (χ0n) is 10.1. The predicted molar refractivity (Wildman–Crippen MR) is 69.0 cm³/mol. The molecule has 1 N–H and O–H groups in total. The molecule has 3 nitrogen and oxygen atoms in total. The summed E-state index contributed by atoms with van der Waals surface area (Å²) in [5.74, 6) is 2.52. The number of hydrogen-bond acceptors (Lipinski definition) is 3. The fourth-order valence-electron chi connectivity index (χ4n) is 3.45. The van der Waals surface area contributed by atoms with E-state index in [9.17, 15) is 4.79 Å². The van der Waals surface area contributed by atoms with Crippen molar-refractivity contribution in [2.75, 3.05) is 5.32 Å². The molecule has 1 amide bonds. The van der Waals surface area contributed by atoms with Crippen LogP contribution in [0.2, 0.25) is 0 Å². The van der Waals surface area contributed by atoms with Gasteiger partial charge in [0, 0.05) is 11.8 Å². The Morgan fingerprint density at radius 3 is 3.00 bits per heavy atom. The molecular formula is C13H18N2OS. The van der Waals surface area contributed by atoms with Gasteiger partial charge in [-0.25, -0.2) is 4.98 Å². The Bertz CT molecular complexity index is 429. The van der Waals surface area contributed by atoms with Gasteiger partial charge in [0.1, 0.15) is 0 Å². The highest BCUT2D eigenvalue weighted by molar-refractivity contribution is 7.13. The summed E-state index contributed by atoms with van der Waals surface area (Å²) in [6.45, 7) is 1.95. The zero-order valence-corrected chi connectivity index (χ0v) is 10.9. The molecule has 4 heteroatoms. The Morgan fingerprint density at radius 2 is 2.41 bits per heavy atom. The Kier molecular flexibility index (Phi) is 2.90. The lowest BCUT2D eigenvalue weighted by atomic mass is 9.86. The van der Waals surface area contributed by atoms with E-state index in [0.29, 0.717) is 12.3 Å². The molecule has 3 rings (SSSR count). The van der Waals surface area contributed by atoms with E-state index in [2.05, 4.69) is 10.3 Å². The van der Waals surface area contributed by atoms with Crippen molar-refractivity contribution in [2.24, 2.45) is 17.8 Å². The van der Waals surface area contributed by atoms with Gasteiger partial charge < -0.3 is 5.32 Å². The van der Waals surface area contributed by atoms with Crippen LogP contribution in [0.5, 0.6) is 0 Å². The van der Waals surface area contributed by atoms with E-state index in [0.717, 1.165) is 22.7 Å². The Labute approximate surface area is 106 Å². The molecule has 17 heavy (non-hydrogen) atoms. The SMILES string of the molecule is Cc1csc(NC(=O)C[C@@H]2C[C@H]3CC[C@H]2C3)n1. The highest BCUT2D eigenvalue weighted by atomic mass is 32.1. The first-order valence-corrected chi connectivity index (χ1v) is 7.30. The molecule has 1 heterocycles. The van der Waals surface area contributed by atoms with Crippen molar-refractivity contribution in [2.45, 2.75) is 39.0 Å². The topological polar surface area (TPSA) is 42.0 Å². The number of amides is 1. The molecule has 2 bridgehead atoms. The van der Waals surface area contributed by atoms with Crippen molar-refractivity contribution < 1.29 is 4.79 Å². The van der Waals surface area contributed by atoms with E-state index in [1.165, 1.54) is 37.0 Å². The van der Waals surface area contributed by atoms with Gasteiger partial charge in [0.2, 0.25) is 5.91 Å². The third kappa shape index (κ3) is 2.37. The number of nitrogens with one attached hydrogen (secondary N) is 1. The first kappa shape index (κ1) is 11.2. The van der Waals surface area contributed by atoms with Crippen LogP contribution < -0.4 is 5.32 Å². The first-order chi connectivity index (χ1) is 8.20. The summed E-state index contributed by atoms with van der Waals surface area (Å²) < 4.78 is 0. The number of nitrogens with zero attached hydrogens (tertiary/aromatic N) is 1. The van der Waals surface area contributed by atoms with E-state index in [-0.39, 0.29) is 5.91 Å². The van der Waals surface area contributed by atoms with Crippen LogP contribution in [-0.4, -0.2) is 10.9 Å². The number of rotatable bonds is 3. The molecular weight excluding hydrogens is 232 g/mol. The minimum absolute atomic E-state index is 0.150. The summed E-state index contributed by atoms with van der Waals surface area (Å²) >= 11 is 1.51. The maximum atomic E-state index is 11.9. The van der Waals surface area contributed by atoms with E-state index in [1.807, 2.05) is 12.3 Å². The smallest absolute Gasteiger partial charge is 0.226 e. The molecule has 0 aliphatic heterocycles. The van der Waals surface area contributed by atoms with Crippen molar-refractivity contribution >= 4 is 22.4 Å². The minimum Gasteiger partial charge on any atom is -0.302 e. The lowest BCUT2D eigenvalue weighted by Crippen LogP contribution is -2.20. The van der Waals surface area contributed by atoms with Gasteiger partial charge in [0.25, 0.3) is 0 Å². The summed E-state index contributed by atoms with van der Waals surface area (Å²) in [4.78, 5) is 16.2. The van der Waals surface area contributed by atoms with Crippen LogP contribution in [0.25, 0.3) is 0 Å². The maximum Gasteiger partial charge on any atom is 0.226 e. The van der Waals surface area contributed by atoms with Crippen molar-refractivity contribution in [3.8, 4) is 0 Å². The highest BCUT2D eigenvalue weighted by Gasteiger charge is 2.40. The second-order valence-corrected chi connectivity index (χ2v) is 6.34. The third-order valence-corrected chi connectivity index (χ3v) is 5.07. The second-order valence-electron chi connectivity index (χ2n) is 5.48. The molecule has 1 aromatic heterocycles. The molecule has 0 saturated heterocycles. The molecule has 0 spiro atoms. The average molecular weight is 250 g/mol. The average Bonchev–Trinajstić information content (AvgIpc) is 2.95. The van der Waals surface area contributed by atoms with Crippen LogP contribution in [0.15, 0.2) is 5.38 Å². The molecule has 2 fully saturated rings. The van der Waals surface area contributed by atoms with E-state index in [4.69, 9.17) is 0 Å². The molecule has 0 radical (unpaired) electrons. The summed E-state index contributed by atoms with van der Waals surface area (Å²) in [5.41, 5.74) is 0.977. The molecule has 92 valence electrons. The summed E-state index contributed by atoms with van der Waals surface area (Å²) in [6.07, 6.45) is 6.08. The largest absolute Gasteiger partial charge is 0.302 e. The van der Waals surface area contributed by atoms with E-state index >= 15 is 0 Å². The summed E-state index contributed by atoms with van der Waals surface area (Å²) in [7, 11) is 0. The van der Waals surface area contributed by atoms with E-state index < -0.39 is 0 Å². The van der Waals surface area contributed by atoms with Gasteiger partial charge in [-0.05, 0) is 43.9 Å². The molecule has 1 aromatic rings. The highest BCUT2D eigenvalue weighted by Crippen LogP contribution is 2.49. The van der Waals surface area contributed by atoms with Crippen molar-refractivity contribution in [1.29, 1.82) is 0 Å². The van der Waals surface area contributed by atoms with E-state index in [1.54, 1.807) is 0 Å². The van der Waals surface area contributed by atoms with Crippen LogP contribution in [0.1, 0.15) is 37.8 Å². The second kappa shape index (κ2) is 4.41. The van der Waals surface area contributed by atoms with Gasteiger partial charge in [-0.15, -0.1) is 11.3 Å². The number of thiazole rings is 1. The molecule has 2 saturated carbocycles. The Balaban J connectivity index is 1.54.